The minimum atomic E-state index is -0.240. The molecular weight excluding hydrogens is 335 g/mol. The third kappa shape index (κ3) is 3.21. The molecule has 0 N–H and O–H groups in total. The topological polar surface area (TPSA) is 25.2 Å². The van der Waals surface area contributed by atoms with E-state index in [0.717, 1.165) is 41.0 Å². The van der Waals surface area contributed by atoms with Crippen LogP contribution in [-0.4, -0.2) is 28.5 Å². The van der Waals surface area contributed by atoms with Crippen LogP contribution in [0.25, 0.3) is 10.2 Å². The van der Waals surface area contributed by atoms with E-state index < -0.39 is 0 Å². The van der Waals surface area contributed by atoms with Crippen molar-refractivity contribution in [3.8, 4) is 0 Å². The maximum atomic E-state index is 13.2. The number of carbonyl (C=O) groups is 1. The van der Waals surface area contributed by atoms with Crippen molar-refractivity contribution >= 4 is 27.5 Å². The number of carbonyl (C=O) groups excluding carboxylic acids is 1. The van der Waals surface area contributed by atoms with Gasteiger partial charge in [0.2, 0.25) is 0 Å². The van der Waals surface area contributed by atoms with Crippen LogP contribution in [0.2, 0.25) is 0 Å². The van der Waals surface area contributed by atoms with E-state index in [1.54, 1.807) is 23.5 Å². The summed E-state index contributed by atoms with van der Waals surface area (Å²) >= 11 is 1.65. The largest absolute Gasteiger partial charge is 0.337 e. The molecule has 0 aliphatic carbocycles. The second-order valence-electron chi connectivity index (χ2n) is 6.91. The number of likely N-dealkylation sites (tertiary alicyclic amines) is 1. The first-order valence-electron chi connectivity index (χ1n) is 8.72. The van der Waals surface area contributed by atoms with Gasteiger partial charge >= 0.3 is 0 Å². The molecule has 0 bridgehead atoms. The molecular formula is C20H21FN2OS. The molecule has 1 aliphatic rings. The van der Waals surface area contributed by atoms with Gasteiger partial charge in [0.25, 0.3) is 5.91 Å². The van der Waals surface area contributed by atoms with E-state index in [4.69, 9.17) is 0 Å². The summed E-state index contributed by atoms with van der Waals surface area (Å²) in [6.07, 6.45) is 2.26. The van der Waals surface area contributed by atoms with E-state index in [1.807, 2.05) is 16.3 Å². The Kier molecular flexibility index (Phi) is 4.34. The summed E-state index contributed by atoms with van der Waals surface area (Å²) < 4.78 is 16.4. The number of fused-ring (bicyclic) bond motifs is 1. The number of benzene rings is 1. The van der Waals surface area contributed by atoms with Crippen molar-refractivity contribution in [3.05, 3.63) is 58.9 Å². The second-order valence-corrected chi connectivity index (χ2v) is 7.86. The van der Waals surface area contributed by atoms with Crippen LogP contribution in [0.3, 0.4) is 0 Å². The second kappa shape index (κ2) is 6.64. The Morgan fingerprint density at radius 3 is 2.84 bits per heavy atom. The lowest BCUT2D eigenvalue weighted by atomic mass is 10.00. The van der Waals surface area contributed by atoms with Gasteiger partial charge in [-0.2, -0.15) is 0 Å². The van der Waals surface area contributed by atoms with Crippen LogP contribution < -0.4 is 0 Å². The van der Waals surface area contributed by atoms with E-state index >= 15 is 0 Å². The highest BCUT2D eigenvalue weighted by molar-refractivity contribution is 7.17. The zero-order chi connectivity index (χ0) is 17.4. The lowest BCUT2D eigenvalue weighted by Crippen LogP contribution is -2.40. The molecule has 1 aliphatic heterocycles. The van der Waals surface area contributed by atoms with Crippen molar-refractivity contribution in [3.63, 3.8) is 0 Å². The van der Waals surface area contributed by atoms with Gasteiger partial charge in [0.1, 0.15) is 11.5 Å². The van der Waals surface area contributed by atoms with Crippen molar-refractivity contribution < 1.29 is 9.18 Å². The normalized spacial score (nSPS) is 18.0. The molecule has 3 aromatic rings. The summed E-state index contributed by atoms with van der Waals surface area (Å²) in [5, 5.41) is 2.04. The third-order valence-corrected chi connectivity index (χ3v) is 5.79. The van der Waals surface area contributed by atoms with Gasteiger partial charge in [0.05, 0.1) is 10.2 Å². The molecule has 1 fully saturated rings. The first-order valence-corrected chi connectivity index (χ1v) is 9.60. The smallest absolute Gasteiger partial charge is 0.270 e. The number of amides is 1. The summed E-state index contributed by atoms with van der Waals surface area (Å²) in [6, 6.07) is 10.6. The van der Waals surface area contributed by atoms with Crippen molar-refractivity contribution in [2.45, 2.75) is 26.3 Å². The van der Waals surface area contributed by atoms with Gasteiger partial charge < -0.3 is 9.47 Å². The minimum Gasteiger partial charge on any atom is -0.337 e. The monoisotopic (exact) mass is 356 g/mol. The number of rotatable bonds is 3. The lowest BCUT2D eigenvalue weighted by molar-refractivity contribution is 0.0673. The molecule has 3 nitrogen and oxygen atoms in total. The van der Waals surface area contributed by atoms with Gasteiger partial charge in [0, 0.05) is 19.6 Å². The fourth-order valence-corrected chi connectivity index (χ4v) is 4.46. The molecule has 1 saturated heterocycles. The third-order valence-electron chi connectivity index (χ3n) is 4.94. The van der Waals surface area contributed by atoms with E-state index in [1.165, 1.54) is 18.6 Å². The number of nitrogens with zero attached hydrogens (tertiary/aromatic N) is 2. The maximum Gasteiger partial charge on any atom is 0.270 e. The van der Waals surface area contributed by atoms with E-state index in [2.05, 4.69) is 17.6 Å². The summed E-state index contributed by atoms with van der Waals surface area (Å²) in [4.78, 5) is 15.1. The van der Waals surface area contributed by atoms with Gasteiger partial charge in [-0.3, -0.25) is 4.79 Å². The van der Waals surface area contributed by atoms with Crippen LogP contribution >= 0.6 is 11.3 Å². The first-order chi connectivity index (χ1) is 12.1. The summed E-state index contributed by atoms with van der Waals surface area (Å²) in [5.41, 5.74) is 2.80. The first kappa shape index (κ1) is 16.3. The fraction of sp³-hybridized carbons (Fsp3) is 0.350. The van der Waals surface area contributed by atoms with Crippen molar-refractivity contribution in [2.24, 2.45) is 5.92 Å². The van der Waals surface area contributed by atoms with Crippen LogP contribution in [0.15, 0.2) is 41.8 Å². The van der Waals surface area contributed by atoms with Crippen LogP contribution in [0, 0.1) is 11.7 Å². The predicted octanol–water partition coefficient (Wildman–Crippen LogP) is 4.76. The molecule has 2 aromatic heterocycles. The molecule has 5 heteroatoms. The zero-order valence-corrected chi connectivity index (χ0v) is 15.1. The Morgan fingerprint density at radius 2 is 2.08 bits per heavy atom. The molecule has 130 valence electrons. The van der Waals surface area contributed by atoms with Crippen molar-refractivity contribution in [1.29, 1.82) is 0 Å². The molecule has 0 saturated carbocycles. The standard InChI is InChI=1S/C20H21FN2OS/c1-14-3-2-9-22(12-14)20(24)18-11-19-17(8-10-25-19)23(18)13-15-4-6-16(21)7-5-15/h4-8,10-11,14H,2-3,9,12-13H2,1H3/t14-/m0/s1. The van der Waals surface area contributed by atoms with Gasteiger partial charge in [-0.1, -0.05) is 19.1 Å². The zero-order valence-electron chi connectivity index (χ0n) is 14.2. The van der Waals surface area contributed by atoms with Gasteiger partial charge in [-0.25, -0.2) is 4.39 Å². The molecule has 0 spiro atoms. The quantitative estimate of drug-likeness (QED) is 0.664. The van der Waals surface area contributed by atoms with Crippen LogP contribution in [0.1, 0.15) is 35.8 Å². The molecule has 0 radical (unpaired) electrons. The number of thiophene rings is 1. The molecule has 25 heavy (non-hydrogen) atoms. The summed E-state index contributed by atoms with van der Waals surface area (Å²) in [5.74, 6) is 0.423. The lowest BCUT2D eigenvalue weighted by Gasteiger charge is -2.31. The number of hydrogen-bond donors (Lipinski definition) is 0. The van der Waals surface area contributed by atoms with E-state index in [9.17, 15) is 9.18 Å². The molecule has 1 aromatic carbocycles. The van der Waals surface area contributed by atoms with Gasteiger partial charge in [-0.05, 0) is 54.0 Å². The molecule has 4 rings (SSSR count). The molecule has 3 heterocycles. The predicted molar refractivity (Wildman–Crippen MR) is 99.6 cm³/mol. The Hall–Kier alpha value is -2.14. The van der Waals surface area contributed by atoms with Gasteiger partial charge in [0.15, 0.2) is 0 Å². The van der Waals surface area contributed by atoms with E-state index in [-0.39, 0.29) is 11.7 Å². The Labute approximate surface area is 150 Å². The highest BCUT2D eigenvalue weighted by atomic mass is 32.1. The highest BCUT2D eigenvalue weighted by Gasteiger charge is 2.25. The summed E-state index contributed by atoms with van der Waals surface area (Å²) in [7, 11) is 0. The van der Waals surface area contributed by atoms with Crippen LogP contribution in [-0.2, 0) is 6.54 Å². The number of aromatic nitrogens is 1. The number of piperidine rings is 1. The van der Waals surface area contributed by atoms with Crippen LogP contribution in [0.4, 0.5) is 4.39 Å². The average molecular weight is 356 g/mol. The van der Waals surface area contributed by atoms with Gasteiger partial charge in [-0.15, -0.1) is 11.3 Å². The van der Waals surface area contributed by atoms with Crippen LogP contribution in [0.5, 0.6) is 0 Å². The molecule has 0 unspecified atom stereocenters. The maximum absolute atomic E-state index is 13.2. The average Bonchev–Trinajstić information content (AvgIpc) is 3.19. The number of halogens is 1. The Bertz CT molecular complexity index is 896. The SMILES string of the molecule is C[C@H]1CCCN(C(=O)c2cc3sccc3n2Cc2ccc(F)cc2)C1. The van der Waals surface area contributed by atoms with Crippen molar-refractivity contribution in [2.75, 3.05) is 13.1 Å². The summed E-state index contributed by atoms with van der Waals surface area (Å²) in [6.45, 7) is 4.44. The number of hydrogen-bond acceptors (Lipinski definition) is 2. The Morgan fingerprint density at radius 1 is 1.28 bits per heavy atom. The Balaban J connectivity index is 1.69. The molecule has 1 amide bonds. The van der Waals surface area contributed by atoms with Crippen molar-refractivity contribution in [1.82, 2.24) is 9.47 Å². The minimum absolute atomic E-state index is 0.108. The highest BCUT2D eigenvalue weighted by Crippen LogP contribution is 2.28. The molecule has 1 atom stereocenters. The fourth-order valence-electron chi connectivity index (χ4n) is 3.63. The van der Waals surface area contributed by atoms with E-state index in [0.29, 0.717) is 12.5 Å².